The molecule has 0 radical (unpaired) electrons. The highest BCUT2D eigenvalue weighted by Gasteiger charge is 2.25. The van der Waals surface area contributed by atoms with Crippen molar-refractivity contribution in [2.75, 3.05) is 25.5 Å². The Morgan fingerprint density at radius 3 is 2.20 bits per heavy atom. The van der Waals surface area contributed by atoms with Crippen molar-refractivity contribution >= 4 is 43.8 Å². The van der Waals surface area contributed by atoms with Gasteiger partial charge in [-0.1, -0.05) is 54.6 Å². The molecule has 1 aliphatic carbocycles. The topological polar surface area (TPSA) is 82.6 Å². The van der Waals surface area contributed by atoms with E-state index in [4.69, 9.17) is 4.42 Å². The van der Waals surface area contributed by atoms with Gasteiger partial charge < -0.3 is 9.32 Å². The molecular weight excluding hydrogens is 570 g/mol. The number of para-hydroxylation sites is 2. The fraction of sp³-hybridized carbons (Fsp3) is 0.111. The van der Waals surface area contributed by atoms with Crippen LogP contribution in [0.5, 0.6) is 0 Å². The second-order valence-electron chi connectivity index (χ2n) is 10.6. The maximum absolute atomic E-state index is 13.5. The van der Waals surface area contributed by atoms with Crippen LogP contribution in [0.25, 0.3) is 33.4 Å². The highest BCUT2D eigenvalue weighted by atomic mass is 32.2. The van der Waals surface area contributed by atoms with Crippen molar-refractivity contribution in [3.05, 3.63) is 127 Å². The Bertz CT molecular complexity index is 2140. The van der Waals surface area contributed by atoms with Gasteiger partial charge in [0.15, 0.2) is 0 Å². The standard InChI is InChI=1S/C36H32N3O4S/c1-25(40)24-37-44(41,42)35-17-11-10-16-32(35)36-30-20-18-28(38(2)26-12-6-4-7-13-26)22-33(30)43-34-23-29(19-21-31(34)36)39(3)27-14-8-5-9-15-27/h4-23,37H,24H2,1-3H3/q+1. The molecule has 4 aromatic carbocycles. The first-order valence-corrected chi connectivity index (χ1v) is 15.7. The molecule has 0 spiro atoms. The molecule has 44 heavy (non-hydrogen) atoms. The molecule has 4 aromatic rings. The van der Waals surface area contributed by atoms with Crippen molar-refractivity contribution in [3.8, 4) is 22.5 Å². The van der Waals surface area contributed by atoms with Crippen LogP contribution >= 0.6 is 0 Å². The Kier molecular flexibility index (Phi) is 7.86. The highest BCUT2D eigenvalue weighted by molar-refractivity contribution is 7.89. The van der Waals surface area contributed by atoms with Crippen LogP contribution in [0, 0.1) is 0 Å². The lowest BCUT2D eigenvalue weighted by Gasteiger charge is -2.22. The van der Waals surface area contributed by atoms with E-state index in [1.165, 1.54) is 6.92 Å². The lowest BCUT2D eigenvalue weighted by Crippen LogP contribution is -2.28. The van der Waals surface area contributed by atoms with Gasteiger partial charge in [-0.05, 0) is 43.3 Å². The molecule has 7 nitrogen and oxygen atoms in total. The van der Waals surface area contributed by atoms with Crippen LogP contribution in [0.2, 0.25) is 0 Å². The summed E-state index contributed by atoms with van der Waals surface area (Å²) in [6, 6.07) is 38.8. The summed E-state index contributed by atoms with van der Waals surface area (Å²) >= 11 is 0. The number of ketones is 1. The molecule has 0 saturated carbocycles. The number of benzene rings is 5. The number of sulfonamides is 1. The molecule has 8 heteroatoms. The van der Waals surface area contributed by atoms with Gasteiger partial charge in [-0.15, -0.1) is 0 Å². The van der Waals surface area contributed by atoms with Gasteiger partial charge in [-0.2, -0.15) is 4.58 Å². The van der Waals surface area contributed by atoms with Crippen molar-refractivity contribution in [1.82, 2.24) is 9.30 Å². The molecule has 0 saturated heterocycles. The van der Waals surface area contributed by atoms with Crippen molar-refractivity contribution in [1.29, 1.82) is 0 Å². The molecule has 1 N–H and O–H groups in total. The van der Waals surface area contributed by atoms with Gasteiger partial charge >= 0.3 is 0 Å². The molecule has 6 rings (SSSR count). The van der Waals surface area contributed by atoms with E-state index in [1.54, 1.807) is 18.2 Å². The van der Waals surface area contributed by atoms with Gasteiger partial charge in [0.2, 0.25) is 21.1 Å². The van der Waals surface area contributed by atoms with Crippen molar-refractivity contribution in [2.24, 2.45) is 0 Å². The van der Waals surface area contributed by atoms with Gasteiger partial charge in [0.25, 0.3) is 0 Å². The predicted octanol–water partition coefficient (Wildman–Crippen LogP) is 6.57. The number of hydrogen-bond donors (Lipinski definition) is 1. The SMILES string of the molecule is CC(=O)CNS(=O)(=O)c1ccccc1-c1c2ccc(=[N+](C)c3ccccc3)cc-2oc2cc(N(C)c3ccccc3)ccc12. The van der Waals surface area contributed by atoms with E-state index in [0.717, 1.165) is 38.9 Å². The van der Waals surface area contributed by atoms with Crippen LogP contribution in [0.4, 0.5) is 17.1 Å². The number of hydrogen-bond acceptors (Lipinski definition) is 5. The quantitative estimate of drug-likeness (QED) is 0.157. The number of rotatable bonds is 8. The van der Waals surface area contributed by atoms with Gasteiger partial charge in [0.1, 0.15) is 24.2 Å². The zero-order valence-electron chi connectivity index (χ0n) is 24.7. The van der Waals surface area contributed by atoms with Crippen LogP contribution < -0.4 is 19.6 Å². The van der Waals surface area contributed by atoms with E-state index in [1.807, 2.05) is 117 Å². The van der Waals surface area contributed by atoms with Gasteiger partial charge in [0, 0.05) is 64.8 Å². The third-order valence-electron chi connectivity index (χ3n) is 7.71. The minimum Gasteiger partial charge on any atom is -0.456 e. The molecule has 1 aliphatic heterocycles. The second kappa shape index (κ2) is 11.9. The first kappa shape index (κ1) is 29.0. The largest absolute Gasteiger partial charge is 0.456 e. The average Bonchev–Trinajstić information content (AvgIpc) is 3.06. The monoisotopic (exact) mass is 602 g/mol. The third-order valence-corrected chi connectivity index (χ3v) is 9.17. The molecule has 1 heterocycles. The Morgan fingerprint density at radius 1 is 0.795 bits per heavy atom. The molecule has 0 atom stereocenters. The predicted molar refractivity (Wildman–Crippen MR) is 176 cm³/mol. The van der Waals surface area contributed by atoms with Crippen LogP contribution in [-0.4, -0.2) is 34.8 Å². The van der Waals surface area contributed by atoms with E-state index >= 15 is 0 Å². The van der Waals surface area contributed by atoms with E-state index in [0.29, 0.717) is 16.9 Å². The summed E-state index contributed by atoms with van der Waals surface area (Å²) in [7, 11) is -0.0166. The Balaban J connectivity index is 1.63. The Morgan fingerprint density at radius 2 is 1.48 bits per heavy atom. The molecule has 0 fully saturated rings. The molecule has 0 unspecified atom stereocenters. The van der Waals surface area contributed by atoms with Crippen LogP contribution in [0.1, 0.15) is 6.92 Å². The second-order valence-corrected chi connectivity index (χ2v) is 12.4. The summed E-state index contributed by atoms with van der Waals surface area (Å²) < 4.78 is 38.1. The van der Waals surface area contributed by atoms with Crippen LogP contribution in [-0.2, 0) is 14.8 Å². The van der Waals surface area contributed by atoms with Crippen LogP contribution in [0.15, 0.2) is 131 Å². The van der Waals surface area contributed by atoms with Gasteiger partial charge in [-0.3, -0.25) is 4.79 Å². The molecule has 0 aromatic heterocycles. The number of nitrogens with zero attached hydrogens (tertiary/aromatic N) is 2. The molecule has 0 bridgehead atoms. The molecule has 2 aliphatic rings. The molecule has 0 amide bonds. The van der Waals surface area contributed by atoms with E-state index in [-0.39, 0.29) is 17.2 Å². The summed E-state index contributed by atoms with van der Waals surface area (Å²) in [5, 5.41) is 1.68. The van der Waals surface area contributed by atoms with Crippen molar-refractivity contribution in [2.45, 2.75) is 11.8 Å². The lowest BCUT2D eigenvalue weighted by atomic mass is 9.93. The number of anilines is 2. The number of carbonyl (C=O) groups excluding carboxylic acids is 1. The minimum absolute atomic E-state index is 0.0889. The van der Waals surface area contributed by atoms with Gasteiger partial charge in [0.05, 0.1) is 17.5 Å². The maximum Gasteiger partial charge on any atom is 0.241 e. The minimum atomic E-state index is -4.00. The average molecular weight is 603 g/mol. The summed E-state index contributed by atoms with van der Waals surface area (Å²) in [5.74, 6) is 0.335. The zero-order chi connectivity index (χ0) is 30.8. The van der Waals surface area contributed by atoms with Crippen molar-refractivity contribution < 1.29 is 17.6 Å². The Hall–Kier alpha value is -5.05. The summed E-state index contributed by atoms with van der Waals surface area (Å²) in [5.41, 5.74) is 5.58. The lowest BCUT2D eigenvalue weighted by molar-refractivity contribution is -0.115. The van der Waals surface area contributed by atoms with Crippen molar-refractivity contribution in [3.63, 3.8) is 0 Å². The summed E-state index contributed by atoms with van der Waals surface area (Å²) in [6.45, 7) is 1.06. The van der Waals surface area contributed by atoms with E-state index < -0.39 is 10.0 Å². The fourth-order valence-electron chi connectivity index (χ4n) is 5.36. The first-order valence-electron chi connectivity index (χ1n) is 14.2. The molecular formula is C36H32N3O4S+. The fourth-order valence-corrected chi connectivity index (χ4v) is 6.62. The van der Waals surface area contributed by atoms with Crippen LogP contribution in [0.3, 0.4) is 0 Å². The third kappa shape index (κ3) is 5.65. The first-order chi connectivity index (χ1) is 21.2. The number of fused-ring (bicyclic) bond motifs is 2. The number of Topliss-reactive ketones (excluding diaryl/α,β-unsaturated/α-hetero) is 1. The number of nitrogens with one attached hydrogen (secondary N) is 1. The maximum atomic E-state index is 13.5. The summed E-state index contributed by atoms with van der Waals surface area (Å²) in [4.78, 5) is 13.8. The van der Waals surface area contributed by atoms with E-state index in [9.17, 15) is 13.2 Å². The zero-order valence-corrected chi connectivity index (χ0v) is 25.5. The highest BCUT2D eigenvalue weighted by Crippen LogP contribution is 2.43. The molecule has 220 valence electrons. The number of carbonyl (C=O) groups is 1. The smallest absolute Gasteiger partial charge is 0.241 e. The van der Waals surface area contributed by atoms with E-state index in [2.05, 4.69) is 14.2 Å². The van der Waals surface area contributed by atoms with Gasteiger partial charge in [-0.25, -0.2) is 13.1 Å². The Labute approximate surface area is 256 Å². The normalized spacial score (nSPS) is 12.3. The summed E-state index contributed by atoms with van der Waals surface area (Å²) in [6.07, 6.45) is 0.